The summed E-state index contributed by atoms with van der Waals surface area (Å²) in [4.78, 5) is 18.6. The topological polar surface area (TPSA) is 93.0 Å². The second-order valence-corrected chi connectivity index (χ2v) is 4.11. The molecule has 0 aliphatic carbocycles. The molecule has 94 valence electrons. The summed E-state index contributed by atoms with van der Waals surface area (Å²) in [5, 5.41) is 16.7. The summed E-state index contributed by atoms with van der Waals surface area (Å²) in [6.07, 6.45) is 0. The van der Waals surface area contributed by atoms with Gasteiger partial charge in [0.1, 0.15) is 5.69 Å². The van der Waals surface area contributed by atoms with E-state index in [4.69, 9.17) is 0 Å². The van der Waals surface area contributed by atoms with Crippen LogP contribution in [0.3, 0.4) is 0 Å². The van der Waals surface area contributed by atoms with E-state index in [9.17, 15) is 10.1 Å². The zero-order valence-electron chi connectivity index (χ0n) is 10.4. The lowest BCUT2D eigenvalue weighted by atomic mass is 10.2. The minimum atomic E-state index is -0.461. The lowest BCUT2D eigenvalue weighted by Gasteiger charge is -2.10. The zero-order chi connectivity index (χ0) is 13.0. The van der Waals surface area contributed by atoms with E-state index in [1.165, 1.54) is 0 Å². The third-order valence-corrected chi connectivity index (χ3v) is 2.14. The van der Waals surface area contributed by atoms with Gasteiger partial charge in [-0.25, -0.2) is 4.98 Å². The highest BCUT2D eigenvalue weighted by molar-refractivity contribution is 5.60. The Bertz CT molecular complexity index is 419. The van der Waals surface area contributed by atoms with Crippen molar-refractivity contribution in [3.63, 3.8) is 0 Å². The maximum absolute atomic E-state index is 11.0. The van der Waals surface area contributed by atoms with E-state index in [1.807, 2.05) is 13.8 Å². The Morgan fingerprint density at radius 3 is 2.53 bits per heavy atom. The van der Waals surface area contributed by atoms with Crippen LogP contribution in [0.1, 0.15) is 19.5 Å². The first kappa shape index (κ1) is 13.1. The molecule has 1 rings (SSSR count). The van der Waals surface area contributed by atoms with Crippen molar-refractivity contribution in [1.29, 1.82) is 0 Å². The van der Waals surface area contributed by atoms with Crippen LogP contribution in [0.5, 0.6) is 0 Å². The van der Waals surface area contributed by atoms with Gasteiger partial charge in [-0.05, 0) is 12.8 Å². The second-order valence-electron chi connectivity index (χ2n) is 4.11. The summed E-state index contributed by atoms with van der Waals surface area (Å²) >= 11 is 0. The van der Waals surface area contributed by atoms with E-state index in [0.29, 0.717) is 24.1 Å². The first-order chi connectivity index (χ1) is 7.95. The molecule has 1 aromatic heterocycles. The maximum Gasteiger partial charge on any atom is 0.332 e. The van der Waals surface area contributed by atoms with Crippen LogP contribution in [-0.4, -0.2) is 28.5 Å². The van der Waals surface area contributed by atoms with Gasteiger partial charge in [-0.1, -0.05) is 13.8 Å². The first-order valence-corrected chi connectivity index (χ1v) is 5.40. The number of aryl methyl sites for hydroxylation is 1. The van der Waals surface area contributed by atoms with Gasteiger partial charge < -0.3 is 10.6 Å². The summed E-state index contributed by atoms with van der Waals surface area (Å²) in [7, 11) is 1.67. The van der Waals surface area contributed by atoms with E-state index in [0.717, 1.165) is 0 Å². The van der Waals surface area contributed by atoms with Crippen LogP contribution in [0.15, 0.2) is 0 Å². The molecule has 0 unspecified atom stereocenters. The van der Waals surface area contributed by atoms with Gasteiger partial charge in [0.25, 0.3) is 0 Å². The molecule has 7 heteroatoms. The van der Waals surface area contributed by atoms with E-state index in [2.05, 4.69) is 20.6 Å². The third-order valence-electron chi connectivity index (χ3n) is 2.14. The second kappa shape index (κ2) is 5.42. The van der Waals surface area contributed by atoms with Gasteiger partial charge in [-0.3, -0.25) is 10.1 Å². The average molecular weight is 239 g/mol. The standard InChI is InChI=1S/C10H17N5O2/c1-6(2)5-12-9-8(15(16)17)7(3)13-10(11-4)14-9/h6H,5H2,1-4H3,(H2,11,12,13,14). The van der Waals surface area contributed by atoms with E-state index in [1.54, 1.807) is 14.0 Å². The summed E-state index contributed by atoms with van der Waals surface area (Å²) < 4.78 is 0. The summed E-state index contributed by atoms with van der Waals surface area (Å²) in [6.45, 7) is 6.26. The number of hydrogen-bond acceptors (Lipinski definition) is 6. The van der Waals surface area contributed by atoms with Gasteiger partial charge in [-0.15, -0.1) is 0 Å². The Hall–Kier alpha value is -1.92. The van der Waals surface area contributed by atoms with Crippen molar-refractivity contribution < 1.29 is 4.92 Å². The number of nitrogens with zero attached hydrogens (tertiary/aromatic N) is 3. The molecule has 0 saturated carbocycles. The molecule has 1 heterocycles. The Morgan fingerprint density at radius 1 is 1.41 bits per heavy atom. The summed E-state index contributed by atoms with van der Waals surface area (Å²) in [5.74, 6) is 1.02. The minimum absolute atomic E-state index is 0.0651. The van der Waals surface area contributed by atoms with Crippen molar-refractivity contribution in [2.45, 2.75) is 20.8 Å². The van der Waals surface area contributed by atoms with Crippen LogP contribution >= 0.6 is 0 Å². The highest BCUT2D eigenvalue weighted by atomic mass is 16.6. The fourth-order valence-corrected chi connectivity index (χ4v) is 1.32. The van der Waals surface area contributed by atoms with Gasteiger partial charge in [0.05, 0.1) is 4.92 Å². The van der Waals surface area contributed by atoms with Crippen molar-refractivity contribution in [3.8, 4) is 0 Å². The molecule has 2 N–H and O–H groups in total. The van der Waals surface area contributed by atoms with Gasteiger partial charge in [-0.2, -0.15) is 4.98 Å². The Kier molecular flexibility index (Phi) is 4.19. The Morgan fingerprint density at radius 2 is 2.06 bits per heavy atom. The fourth-order valence-electron chi connectivity index (χ4n) is 1.32. The van der Waals surface area contributed by atoms with Crippen molar-refractivity contribution in [3.05, 3.63) is 15.8 Å². The summed E-state index contributed by atoms with van der Waals surface area (Å²) in [6, 6.07) is 0. The van der Waals surface area contributed by atoms with Gasteiger partial charge in [0.15, 0.2) is 0 Å². The van der Waals surface area contributed by atoms with Crippen LogP contribution in [-0.2, 0) is 0 Å². The average Bonchev–Trinajstić information content (AvgIpc) is 2.24. The first-order valence-electron chi connectivity index (χ1n) is 5.40. The van der Waals surface area contributed by atoms with Crippen LogP contribution in [0, 0.1) is 23.0 Å². The number of aromatic nitrogens is 2. The maximum atomic E-state index is 11.0. The highest BCUT2D eigenvalue weighted by Gasteiger charge is 2.21. The molecular formula is C10H17N5O2. The number of anilines is 2. The van der Waals surface area contributed by atoms with Gasteiger partial charge in [0, 0.05) is 13.6 Å². The third kappa shape index (κ3) is 3.27. The van der Waals surface area contributed by atoms with E-state index in [-0.39, 0.29) is 11.5 Å². The molecule has 7 nitrogen and oxygen atoms in total. The molecule has 0 radical (unpaired) electrons. The molecule has 17 heavy (non-hydrogen) atoms. The Labute approximate surface area is 99.8 Å². The van der Waals surface area contributed by atoms with E-state index >= 15 is 0 Å². The quantitative estimate of drug-likeness (QED) is 0.601. The highest BCUT2D eigenvalue weighted by Crippen LogP contribution is 2.26. The van der Waals surface area contributed by atoms with E-state index < -0.39 is 4.92 Å². The number of nitrogens with one attached hydrogen (secondary N) is 2. The molecule has 0 atom stereocenters. The Balaban J connectivity index is 3.13. The smallest absolute Gasteiger partial charge is 0.332 e. The molecule has 0 aliphatic heterocycles. The van der Waals surface area contributed by atoms with Gasteiger partial charge >= 0.3 is 5.69 Å². The normalized spacial score (nSPS) is 10.4. The lowest BCUT2D eigenvalue weighted by molar-refractivity contribution is -0.385. The molecule has 0 aliphatic rings. The molecule has 0 spiro atoms. The predicted octanol–water partition coefficient (Wildman–Crippen LogP) is 1.80. The van der Waals surface area contributed by atoms with Crippen LogP contribution < -0.4 is 10.6 Å². The number of rotatable bonds is 5. The van der Waals surface area contributed by atoms with Crippen molar-refractivity contribution in [1.82, 2.24) is 9.97 Å². The van der Waals surface area contributed by atoms with Crippen LogP contribution in [0.4, 0.5) is 17.5 Å². The number of nitro groups is 1. The largest absolute Gasteiger partial charge is 0.364 e. The molecule has 0 saturated heterocycles. The SMILES string of the molecule is CNc1nc(C)c([N+](=O)[O-])c(NCC(C)C)n1. The molecule has 0 aromatic carbocycles. The van der Waals surface area contributed by atoms with Crippen LogP contribution in [0.25, 0.3) is 0 Å². The van der Waals surface area contributed by atoms with Crippen molar-refractivity contribution >= 4 is 17.5 Å². The van der Waals surface area contributed by atoms with Gasteiger partial charge in [0.2, 0.25) is 11.8 Å². The predicted molar refractivity (Wildman–Crippen MR) is 66.3 cm³/mol. The molecule has 0 bridgehead atoms. The monoisotopic (exact) mass is 239 g/mol. The van der Waals surface area contributed by atoms with Crippen molar-refractivity contribution in [2.75, 3.05) is 24.2 Å². The molecule has 0 amide bonds. The minimum Gasteiger partial charge on any atom is -0.364 e. The molecule has 1 aromatic rings. The van der Waals surface area contributed by atoms with Crippen LogP contribution in [0.2, 0.25) is 0 Å². The molecular weight excluding hydrogens is 222 g/mol. The summed E-state index contributed by atoms with van der Waals surface area (Å²) in [5.41, 5.74) is 0.283. The van der Waals surface area contributed by atoms with Crippen molar-refractivity contribution in [2.24, 2.45) is 5.92 Å². The molecule has 0 fully saturated rings. The zero-order valence-corrected chi connectivity index (χ0v) is 10.4. The lowest BCUT2D eigenvalue weighted by Crippen LogP contribution is -2.13. The number of hydrogen-bond donors (Lipinski definition) is 2. The fraction of sp³-hybridized carbons (Fsp3) is 0.600.